The first-order valence-electron chi connectivity index (χ1n) is 11.3. The third-order valence-electron chi connectivity index (χ3n) is 5.79. The molecule has 2 amide bonds. The number of Topliss-reactive ketones (excluding diaryl/α,β-unsaturated/α-hetero) is 1. The summed E-state index contributed by atoms with van der Waals surface area (Å²) in [6, 6.07) is 19.0. The molecule has 0 radical (unpaired) electrons. The first-order chi connectivity index (χ1) is 17.0. The van der Waals surface area contributed by atoms with Gasteiger partial charge >= 0.3 is 0 Å². The molecule has 1 aliphatic rings. The van der Waals surface area contributed by atoms with E-state index >= 15 is 0 Å². The maximum atomic E-state index is 12.9. The van der Waals surface area contributed by atoms with Crippen molar-refractivity contribution in [3.63, 3.8) is 0 Å². The zero-order chi connectivity index (χ0) is 24.2. The van der Waals surface area contributed by atoms with E-state index in [4.69, 9.17) is 0 Å². The minimum atomic E-state index is -0.487. The third-order valence-corrected chi connectivity index (χ3v) is 6.85. The SMILES string of the molecule is O=C(Cc1ccccc1)Nc1nc2c(s1)C(=O)C[C@H](C(=O)NCc1cccc(-n3cccn3)c1)C2. The van der Waals surface area contributed by atoms with Crippen LogP contribution in [0.5, 0.6) is 0 Å². The fraction of sp³-hybridized carbons (Fsp3) is 0.192. The third kappa shape index (κ3) is 5.36. The van der Waals surface area contributed by atoms with E-state index < -0.39 is 5.92 Å². The van der Waals surface area contributed by atoms with Gasteiger partial charge in [0.25, 0.3) is 0 Å². The molecule has 0 spiro atoms. The van der Waals surface area contributed by atoms with Crippen molar-refractivity contribution in [2.45, 2.75) is 25.8 Å². The highest BCUT2D eigenvalue weighted by Gasteiger charge is 2.33. The normalized spacial score (nSPS) is 14.9. The van der Waals surface area contributed by atoms with Crippen LogP contribution in [-0.4, -0.2) is 32.4 Å². The molecule has 4 aromatic rings. The first kappa shape index (κ1) is 22.7. The Labute approximate surface area is 206 Å². The summed E-state index contributed by atoms with van der Waals surface area (Å²) in [5.41, 5.74) is 3.31. The van der Waals surface area contributed by atoms with Gasteiger partial charge in [-0.05, 0) is 29.3 Å². The lowest BCUT2D eigenvalue weighted by Gasteiger charge is -2.19. The van der Waals surface area contributed by atoms with Gasteiger partial charge in [0, 0.05) is 31.8 Å². The molecule has 2 N–H and O–H groups in total. The van der Waals surface area contributed by atoms with E-state index in [0.717, 1.165) is 16.8 Å². The summed E-state index contributed by atoms with van der Waals surface area (Å²) in [4.78, 5) is 42.9. The first-order valence-corrected chi connectivity index (χ1v) is 12.1. The lowest BCUT2D eigenvalue weighted by Crippen LogP contribution is -2.35. The van der Waals surface area contributed by atoms with E-state index in [9.17, 15) is 14.4 Å². The molecule has 0 saturated heterocycles. The van der Waals surface area contributed by atoms with Crippen LogP contribution < -0.4 is 10.6 Å². The zero-order valence-electron chi connectivity index (χ0n) is 18.8. The highest BCUT2D eigenvalue weighted by molar-refractivity contribution is 7.17. The number of carbonyl (C=O) groups excluding carboxylic acids is 3. The highest BCUT2D eigenvalue weighted by Crippen LogP contribution is 2.32. The number of anilines is 1. The average Bonchev–Trinajstić information content (AvgIpc) is 3.54. The lowest BCUT2D eigenvalue weighted by molar-refractivity contribution is -0.125. The van der Waals surface area contributed by atoms with Gasteiger partial charge in [-0.1, -0.05) is 53.8 Å². The monoisotopic (exact) mass is 485 g/mol. The largest absolute Gasteiger partial charge is 0.352 e. The molecule has 35 heavy (non-hydrogen) atoms. The van der Waals surface area contributed by atoms with Crippen molar-refractivity contribution in [2.24, 2.45) is 5.92 Å². The van der Waals surface area contributed by atoms with E-state index in [1.165, 1.54) is 11.3 Å². The van der Waals surface area contributed by atoms with E-state index in [0.29, 0.717) is 28.7 Å². The summed E-state index contributed by atoms with van der Waals surface area (Å²) in [5, 5.41) is 10.3. The zero-order valence-corrected chi connectivity index (χ0v) is 19.6. The van der Waals surface area contributed by atoms with E-state index in [1.54, 1.807) is 10.9 Å². The Balaban J connectivity index is 1.19. The minimum absolute atomic E-state index is 0.117. The number of ketones is 1. The molecule has 176 valence electrons. The van der Waals surface area contributed by atoms with Gasteiger partial charge in [0.1, 0.15) is 0 Å². The van der Waals surface area contributed by atoms with Crippen LogP contribution in [0, 0.1) is 5.92 Å². The number of benzene rings is 2. The van der Waals surface area contributed by atoms with Crippen LogP contribution in [0.25, 0.3) is 5.69 Å². The van der Waals surface area contributed by atoms with Crippen molar-refractivity contribution in [2.75, 3.05) is 5.32 Å². The molecule has 2 aromatic heterocycles. The van der Waals surface area contributed by atoms with Gasteiger partial charge < -0.3 is 10.6 Å². The Morgan fingerprint density at radius 2 is 1.86 bits per heavy atom. The molecule has 1 aliphatic carbocycles. The smallest absolute Gasteiger partial charge is 0.230 e. The molecule has 5 rings (SSSR count). The van der Waals surface area contributed by atoms with Crippen LogP contribution in [0.1, 0.15) is 32.9 Å². The van der Waals surface area contributed by atoms with Gasteiger partial charge in [-0.15, -0.1) is 0 Å². The van der Waals surface area contributed by atoms with Crippen molar-refractivity contribution < 1.29 is 14.4 Å². The highest BCUT2D eigenvalue weighted by atomic mass is 32.1. The number of aromatic nitrogens is 3. The lowest BCUT2D eigenvalue weighted by atomic mass is 9.89. The van der Waals surface area contributed by atoms with E-state index in [2.05, 4.69) is 20.7 Å². The Kier molecular flexibility index (Phi) is 6.49. The molecule has 0 aliphatic heterocycles. The summed E-state index contributed by atoms with van der Waals surface area (Å²) in [6.45, 7) is 0.351. The number of amides is 2. The van der Waals surface area contributed by atoms with Crippen LogP contribution in [0.3, 0.4) is 0 Å². The second-order valence-corrected chi connectivity index (χ2v) is 9.37. The Hall–Kier alpha value is -4.11. The van der Waals surface area contributed by atoms with Gasteiger partial charge in [0.15, 0.2) is 10.9 Å². The van der Waals surface area contributed by atoms with Crippen molar-refractivity contribution >= 4 is 34.1 Å². The van der Waals surface area contributed by atoms with Crippen molar-refractivity contribution in [1.29, 1.82) is 0 Å². The number of carbonyl (C=O) groups is 3. The fourth-order valence-electron chi connectivity index (χ4n) is 4.08. The number of fused-ring (bicyclic) bond motifs is 1. The topological polar surface area (TPSA) is 106 Å². The fourth-order valence-corrected chi connectivity index (χ4v) is 5.04. The number of hydrogen-bond acceptors (Lipinski definition) is 6. The van der Waals surface area contributed by atoms with Gasteiger partial charge in [-0.2, -0.15) is 5.10 Å². The minimum Gasteiger partial charge on any atom is -0.352 e. The van der Waals surface area contributed by atoms with Crippen LogP contribution >= 0.6 is 11.3 Å². The molecule has 2 aromatic carbocycles. The number of nitrogens with one attached hydrogen (secondary N) is 2. The summed E-state index contributed by atoms with van der Waals surface area (Å²) >= 11 is 1.17. The molecule has 2 heterocycles. The number of nitrogens with zero attached hydrogens (tertiary/aromatic N) is 3. The average molecular weight is 486 g/mol. The van der Waals surface area contributed by atoms with Gasteiger partial charge in [-0.25, -0.2) is 9.67 Å². The quantitative estimate of drug-likeness (QED) is 0.416. The standard InChI is InChI=1S/C26H23N5O3S/c32-22-15-19(25(34)27-16-18-8-4-9-20(12-18)31-11-5-10-28-31)14-21-24(22)35-26(29-21)30-23(33)13-17-6-2-1-3-7-17/h1-12,19H,13-16H2,(H,27,34)(H,29,30,33)/t19-/m1/s1. The number of hydrogen-bond donors (Lipinski definition) is 2. The summed E-state index contributed by atoms with van der Waals surface area (Å²) in [5.74, 6) is -0.982. The maximum Gasteiger partial charge on any atom is 0.230 e. The number of rotatable bonds is 7. The molecular weight excluding hydrogens is 462 g/mol. The second kappa shape index (κ2) is 10.0. The van der Waals surface area contributed by atoms with Gasteiger partial charge in [-0.3, -0.25) is 14.4 Å². The molecule has 0 fully saturated rings. The van der Waals surface area contributed by atoms with Crippen LogP contribution in [0.15, 0.2) is 73.1 Å². The maximum absolute atomic E-state index is 12.9. The molecular formula is C26H23N5O3S. The van der Waals surface area contributed by atoms with Crippen LogP contribution in [-0.2, 0) is 29.0 Å². The molecule has 0 saturated carbocycles. The van der Waals surface area contributed by atoms with Crippen molar-refractivity contribution in [3.8, 4) is 5.69 Å². The Bertz CT molecular complexity index is 1360. The molecule has 1 atom stereocenters. The Morgan fingerprint density at radius 1 is 1.03 bits per heavy atom. The second-order valence-electron chi connectivity index (χ2n) is 8.37. The molecule has 0 unspecified atom stereocenters. The van der Waals surface area contributed by atoms with Gasteiger partial charge in [0.05, 0.1) is 28.6 Å². The van der Waals surface area contributed by atoms with Crippen LogP contribution in [0.2, 0.25) is 0 Å². The van der Waals surface area contributed by atoms with E-state index in [-0.39, 0.29) is 30.4 Å². The summed E-state index contributed by atoms with van der Waals surface area (Å²) in [6.07, 6.45) is 4.29. The molecule has 9 heteroatoms. The van der Waals surface area contributed by atoms with Crippen molar-refractivity contribution in [1.82, 2.24) is 20.1 Å². The predicted molar refractivity (Wildman–Crippen MR) is 132 cm³/mol. The van der Waals surface area contributed by atoms with Gasteiger partial charge in [0.2, 0.25) is 11.8 Å². The molecule has 0 bridgehead atoms. The molecule has 8 nitrogen and oxygen atoms in total. The summed E-state index contributed by atoms with van der Waals surface area (Å²) < 4.78 is 1.76. The van der Waals surface area contributed by atoms with Crippen molar-refractivity contribution in [3.05, 3.63) is 94.8 Å². The number of thiazole rings is 1. The summed E-state index contributed by atoms with van der Waals surface area (Å²) in [7, 11) is 0. The predicted octanol–water partition coefficient (Wildman–Crippen LogP) is 3.57. The van der Waals surface area contributed by atoms with E-state index in [1.807, 2.05) is 66.9 Å². The van der Waals surface area contributed by atoms with Crippen LogP contribution in [0.4, 0.5) is 5.13 Å². The Morgan fingerprint density at radius 3 is 2.66 bits per heavy atom.